The largest absolute Gasteiger partial charge is 0.497 e. The third-order valence-corrected chi connectivity index (χ3v) is 5.36. The quantitative estimate of drug-likeness (QED) is 0.530. The predicted octanol–water partition coefficient (Wildman–Crippen LogP) is 4.25. The second kappa shape index (κ2) is 6.80. The molecule has 1 amide bonds. The molecule has 2 aromatic heterocycles. The Bertz CT molecular complexity index is 1050. The maximum atomic E-state index is 12.6. The smallest absolute Gasteiger partial charge is 0.227 e. The summed E-state index contributed by atoms with van der Waals surface area (Å²) in [5.74, 6) is 0.764. The summed E-state index contributed by atoms with van der Waals surface area (Å²) in [7, 11) is 3.42. The Morgan fingerprint density at radius 3 is 2.92 bits per heavy atom. The Morgan fingerprint density at radius 1 is 1.27 bits per heavy atom. The molecule has 5 nitrogen and oxygen atoms in total. The highest BCUT2D eigenvalue weighted by molar-refractivity contribution is 7.18. The van der Waals surface area contributed by atoms with Gasteiger partial charge in [0.15, 0.2) is 0 Å². The summed E-state index contributed by atoms with van der Waals surface area (Å²) < 4.78 is 11.9. The number of fused-ring (bicyclic) bond motifs is 2. The van der Waals surface area contributed by atoms with Crippen LogP contribution in [0.2, 0.25) is 0 Å². The Kier molecular flexibility index (Phi) is 4.34. The third-order valence-electron chi connectivity index (χ3n) is 4.34. The van der Waals surface area contributed by atoms with Crippen molar-refractivity contribution in [2.24, 2.45) is 0 Å². The van der Waals surface area contributed by atoms with Gasteiger partial charge in [0.05, 0.1) is 36.6 Å². The monoisotopic (exact) mass is 366 g/mol. The summed E-state index contributed by atoms with van der Waals surface area (Å²) in [6.45, 7) is 0.502. The van der Waals surface area contributed by atoms with Gasteiger partial charge < -0.3 is 14.1 Å². The Morgan fingerprint density at radius 2 is 2.12 bits per heavy atom. The lowest BCUT2D eigenvalue weighted by Gasteiger charge is -2.15. The average molecular weight is 366 g/mol. The number of furan rings is 1. The molecule has 0 unspecified atom stereocenters. The zero-order chi connectivity index (χ0) is 18.1. The number of benzene rings is 2. The van der Waals surface area contributed by atoms with Gasteiger partial charge in [0.25, 0.3) is 0 Å². The molecule has 0 bridgehead atoms. The van der Waals surface area contributed by atoms with Gasteiger partial charge in [0, 0.05) is 24.1 Å². The number of ether oxygens (including phenoxy) is 1. The van der Waals surface area contributed by atoms with Crippen LogP contribution in [0.3, 0.4) is 0 Å². The normalized spacial score (nSPS) is 11.2. The van der Waals surface area contributed by atoms with Gasteiger partial charge in [-0.2, -0.15) is 0 Å². The van der Waals surface area contributed by atoms with E-state index in [2.05, 4.69) is 4.98 Å². The molecule has 0 aliphatic heterocycles. The van der Waals surface area contributed by atoms with Crippen LogP contribution in [0.1, 0.15) is 10.6 Å². The highest BCUT2D eigenvalue weighted by Crippen LogP contribution is 2.27. The fourth-order valence-electron chi connectivity index (χ4n) is 2.90. The first kappa shape index (κ1) is 16.6. The number of thiazole rings is 1. The van der Waals surface area contributed by atoms with E-state index in [4.69, 9.17) is 9.15 Å². The second-order valence-corrected chi connectivity index (χ2v) is 7.24. The van der Waals surface area contributed by atoms with Crippen molar-refractivity contribution in [3.05, 3.63) is 59.3 Å². The summed E-state index contributed by atoms with van der Waals surface area (Å²) in [5, 5.41) is 1.87. The number of carbonyl (C=O) groups excluding carboxylic acids is 1. The number of methoxy groups -OCH3 is 1. The fourth-order valence-corrected chi connectivity index (χ4v) is 3.92. The molecule has 0 aliphatic rings. The van der Waals surface area contributed by atoms with E-state index < -0.39 is 0 Å². The number of para-hydroxylation sites is 1. The number of hydrogen-bond donors (Lipinski definition) is 0. The van der Waals surface area contributed by atoms with Crippen molar-refractivity contribution < 1.29 is 13.9 Å². The van der Waals surface area contributed by atoms with Crippen LogP contribution in [0, 0.1) is 0 Å². The van der Waals surface area contributed by atoms with Gasteiger partial charge in [0.2, 0.25) is 5.91 Å². The van der Waals surface area contributed by atoms with E-state index >= 15 is 0 Å². The average Bonchev–Trinajstić information content (AvgIpc) is 3.24. The number of carbonyl (C=O) groups is 1. The molecular weight excluding hydrogens is 348 g/mol. The Hall–Kier alpha value is -2.86. The summed E-state index contributed by atoms with van der Waals surface area (Å²) in [6.07, 6.45) is 1.94. The van der Waals surface area contributed by atoms with E-state index in [1.807, 2.05) is 42.5 Å². The highest BCUT2D eigenvalue weighted by Gasteiger charge is 2.16. The molecule has 0 atom stereocenters. The van der Waals surface area contributed by atoms with Crippen LogP contribution in [0.15, 0.2) is 53.1 Å². The molecule has 0 spiro atoms. The molecule has 132 valence electrons. The first-order chi connectivity index (χ1) is 12.6. The van der Waals surface area contributed by atoms with Crippen molar-refractivity contribution in [1.29, 1.82) is 0 Å². The molecule has 2 aromatic carbocycles. The van der Waals surface area contributed by atoms with Gasteiger partial charge in [-0.25, -0.2) is 4.98 Å². The molecule has 0 aliphatic carbocycles. The number of nitrogens with zero attached hydrogens (tertiary/aromatic N) is 2. The molecule has 0 saturated heterocycles. The minimum absolute atomic E-state index is 0.0303. The van der Waals surface area contributed by atoms with Crippen LogP contribution in [0.25, 0.3) is 21.2 Å². The van der Waals surface area contributed by atoms with Crippen LogP contribution in [-0.4, -0.2) is 29.9 Å². The van der Waals surface area contributed by atoms with Gasteiger partial charge in [-0.1, -0.05) is 12.1 Å². The number of aromatic nitrogens is 1. The maximum absolute atomic E-state index is 12.6. The Balaban J connectivity index is 1.48. The van der Waals surface area contributed by atoms with Crippen molar-refractivity contribution in [2.75, 3.05) is 14.2 Å². The Labute approximate surface area is 154 Å². The zero-order valence-corrected chi connectivity index (χ0v) is 15.4. The number of amides is 1. The molecule has 0 radical (unpaired) electrons. The number of rotatable bonds is 5. The summed E-state index contributed by atoms with van der Waals surface area (Å²) in [4.78, 5) is 18.9. The number of likely N-dealkylation sites (N-methyl/N-ethyl adjacent to an activating group) is 1. The first-order valence-electron chi connectivity index (χ1n) is 8.26. The summed E-state index contributed by atoms with van der Waals surface area (Å²) in [6, 6.07) is 13.6. The molecule has 4 rings (SSSR count). The van der Waals surface area contributed by atoms with Gasteiger partial charge in [-0.05, 0) is 24.3 Å². The van der Waals surface area contributed by atoms with Gasteiger partial charge in [-0.3, -0.25) is 4.79 Å². The van der Waals surface area contributed by atoms with Crippen LogP contribution >= 0.6 is 11.3 Å². The maximum Gasteiger partial charge on any atom is 0.227 e. The first-order valence-corrected chi connectivity index (χ1v) is 9.08. The van der Waals surface area contributed by atoms with Gasteiger partial charge in [-0.15, -0.1) is 11.3 Å². The van der Waals surface area contributed by atoms with E-state index in [0.29, 0.717) is 13.0 Å². The molecule has 0 fully saturated rings. The summed E-state index contributed by atoms with van der Waals surface area (Å²) in [5.41, 5.74) is 2.58. The van der Waals surface area contributed by atoms with Crippen LogP contribution in [-0.2, 0) is 17.8 Å². The number of hydrogen-bond acceptors (Lipinski definition) is 5. The van der Waals surface area contributed by atoms with E-state index in [0.717, 1.165) is 37.5 Å². The fraction of sp³-hybridized carbons (Fsp3) is 0.200. The standard InChI is InChI=1S/C20H18N2O3S/c1-22(11-19-21-16-5-3-4-6-18(16)26-19)20(23)9-13-12-25-17-10-14(24-2)7-8-15(13)17/h3-8,10,12H,9,11H2,1-2H3. The van der Waals surface area contributed by atoms with E-state index in [1.54, 1.807) is 36.7 Å². The van der Waals surface area contributed by atoms with Gasteiger partial charge in [0.1, 0.15) is 16.3 Å². The third kappa shape index (κ3) is 3.15. The minimum atomic E-state index is 0.0303. The minimum Gasteiger partial charge on any atom is -0.497 e. The van der Waals surface area contributed by atoms with Crippen LogP contribution in [0.4, 0.5) is 0 Å². The van der Waals surface area contributed by atoms with Crippen molar-refractivity contribution in [2.45, 2.75) is 13.0 Å². The molecule has 6 heteroatoms. The van der Waals surface area contributed by atoms with Crippen molar-refractivity contribution in [1.82, 2.24) is 9.88 Å². The molecule has 2 heterocycles. The SMILES string of the molecule is COc1ccc2c(CC(=O)N(C)Cc3nc4ccccc4s3)coc2c1. The van der Waals surface area contributed by atoms with Crippen LogP contribution < -0.4 is 4.74 Å². The summed E-state index contributed by atoms with van der Waals surface area (Å²) >= 11 is 1.62. The van der Waals surface area contributed by atoms with E-state index in [-0.39, 0.29) is 5.91 Å². The molecule has 26 heavy (non-hydrogen) atoms. The molecule has 4 aromatic rings. The van der Waals surface area contributed by atoms with E-state index in [1.165, 1.54) is 0 Å². The van der Waals surface area contributed by atoms with Crippen LogP contribution in [0.5, 0.6) is 5.75 Å². The topological polar surface area (TPSA) is 55.6 Å². The highest BCUT2D eigenvalue weighted by atomic mass is 32.1. The predicted molar refractivity (Wildman–Crippen MR) is 103 cm³/mol. The van der Waals surface area contributed by atoms with Crippen molar-refractivity contribution in [3.8, 4) is 5.75 Å². The lowest BCUT2D eigenvalue weighted by molar-refractivity contribution is -0.129. The lowest BCUT2D eigenvalue weighted by Crippen LogP contribution is -2.27. The van der Waals surface area contributed by atoms with Crippen molar-refractivity contribution in [3.63, 3.8) is 0 Å². The van der Waals surface area contributed by atoms with E-state index in [9.17, 15) is 4.79 Å². The second-order valence-electron chi connectivity index (χ2n) is 6.12. The molecule has 0 saturated carbocycles. The molecule has 0 N–H and O–H groups in total. The lowest BCUT2D eigenvalue weighted by atomic mass is 10.1. The zero-order valence-electron chi connectivity index (χ0n) is 14.6. The molecular formula is C20H18N2O3S. The van der Waals surface area contributed by atoms with Gasteiger partial charge >= 0.3 is 0 Å². The van der Waals surface area contributed by atoms with Crippen molar-refractivity contribution >= 4 is 38.4 Å².